The molecule has 0 spiro atoms. The normalized spacial score (nSPS) is 13.6. The molecule has 0 saturated heterocycles. The Labute approximate surface area is 434 Å². The third-order valence-electron chi connectivity index (χ3n) is 16.4. The first-order chi connectivity index (χ1) is 36.2. The van der Waals surface area contributed by atoms with Crippen LogP contribution >= 0.6 is 0 Å². The van der Waals surface area contributed by atoms with Crippen LogP contribution in [0.15, 0.2) is 255 Å². The quantitative estimate of drug-likeness (QED) is 0.150. The molecule has 2 heteroatoms. The van der Waals surface area contributed by atoms with Gasteiger partial charge in [0.2, 0.25) is 0 Å². The third-order valence-corrected chi connectivity index (χ3v) is 16.4. The van der Waals surface area contributed by atoms with Crippen LogP contribution in [-0.2, 0) is 10.8 Å². The summed E-state index contributed by atoms with van der Waals surface area (Å²) in [5.41, 5.74) is 21.8. The lowest BCUT2D eigenvalue weighted by Gasteiger charge is -2.41. The molecule has 0 fully saturated rings. The molecule has 0 aromatic heterocycles. The molecule has 0 atom stereocenters. The number of hydrogen-bond acceptors (Lipinski definition) is 2. The third kappa shape index (κ3) is 6.78. The molecule has 2 nitrogen and oxygen atoms in total. The van der Waals surface area contributed by atoms with Crippen LogP contribution in [0.1, 0.15) is 49.9 Å². The molecule has 14 rings (SSSR count). The Morgan fingerprint density at radius 1 is 0.243 bits per heavy atom. The predicted octanol–water partition coefficient (Wildman–Crippen LogP) is 20.0. The van der Waals surface area contributed by atoms with E-state index in [1.165, 1.54) is 99.1 Å². The van der Waals surface area contributed by atoms with Crippen LogP contribution in [0, 0.1) is 0 Å². The first kappa shape index (κ1) is 43.8. The first-order valence-electron chi connectivity index (χ1n) is 26.0. The van der Waals surface area contributed by atoms with Crippen LogP contribution in [0.3, 0.4) is 0 Å². The van der Waals surface area contributed by atoms with Gasteiger partial charge in [-0.15, -0.1) is 0 Å². The van der Waals surface area contributed by atoms with Gasteiger partial charge in [-0.25, -0.2) is 0 Å². The van der Waals surface area contributed by atoms with E-state index >= 15 is 0 Å². The zero-order valence-corrected chi connectivity index (χ0v) is 42.1. The summed E-state index contributed by atoms with van der Waals surface area (Å²) in [7, 11) is 0. The average molecular weight is 947 g/mol. The lowest BCUT2D eigenvalue weighted by Crippen LogP contribution is -2.28. The van der Waals surface area contributed by atoms with Crippen molar-refractivity contribution in [3.8, 4) is 44.5 Å². The summed E-state index contributed by atoms with van der Waals surface area (Å²) < 4.78 is 0. The van der Waals surface area contributed by atoms with Crippen molar-refractivity contribution in [2.24, 2.45) is 0 Å². The van der Waals surface area contributed by atoms with Gasteiger partial charge in [0.1, 0.15) is 0 Å². The van der Waals surface area contributed by atoms with Gasteiger partial charge >= 0.3 is 0 Å². The lowest BCUT2D eigenvalue weighted by atomic mass is 9.63. The molecule has 0 bridgehead atoms. The van der Waals surface area contributed by atoms with Crippen LogP contribution in [0.5, 0.6) is 0 Å². The molecule has 352 valence electrons. The van der Waals surface area contributed by atoms with Crippen LogP contribution in [0.4, 0.5) is 34.1 Å². The van der Waals surface area contributed by atoms with Crippen molar-refractivity contribution in [2.45, 2.75) is 38.5 Å². The van der Waals surface area contributed by atoms with E-state index in [1.54, 1.807) is 0 Å². The fourth-order valence-electron chi connectivity index (χ4n) is 12.7. The number of benzene rings is 12. The van der Waals surface area contributed by atoms with Crippen molar-refractivity contribution >= 4 is 66.4 Å². The maximum atomic E-state index is 2.46. The number of fused-ring (bicyclic) bond motifs is 6. The first-order valence-corrected chi connectivity index (χ1v) is 26.0. The minimum Gasteiger partial charge on any atom is -0.310 e. The SMILES string of the molecule is CC1(C)c2cc(N(c3ccccc3)c3ccc(-c4cccc5ccccc45)cc3)ccc2-c2ccc3c4c(ccc1c24)C(C)(C)c1cc(N(c2ccccc2)c2ccc(-c4cccc5ccccc45)cc2)ccc1-3. The minimum absolute atomic E-state index is 0.274. The van der Waals surface area contributed by atoms with E-state index < -0.39 is 0 Å². The minimum atomic E-state index is -0.274. The molecule has 12 aromatic rings. The molecule has 0 radical (unpaired) electrons. The molecular formula is C72H54N2. The second-order valence-corrected chi connectivity index (χ2v) is 21.3. The van der Waals surface area contributed by atoms with E-state index in [9.17, 15) is 0 Å². The molecule has 0 amide bonds. The van der Waals surface area contributed by atoms with Gasteiger partial charge in [0.15, 0.2) is 0 Å². The van der Waals surface area contributed by atoms with Crippen molar-refractivity contribution in [3.05, 3.63) is 277 Å². The van der Waals surface area contributed by atoms with E-state index in [4.69, 9.17) is 0 Å². The summed E-state index contributed by atoms with van der Waals surface area (Å²) in [4.78, 5) is 4.82. The molecule has 74 heavy (non-hydrogen) atoms. The Kier molecular flexibility index (Phi) is 9.94. The highest BCUT2D eigenvalue weighted by molar-refractivity contribution is 6.13. The van der Waals surface area contributed by atoms with Gasteiger partial charge in [0.05, 0.1) is 0 Å². The molecule has 0 saturated carbocycles. The highest BCUT2D eigenvalue weighted by atomic mass is 15.1. The fourth-order valence-corrected chi connectivity index (χ4v) is 12.7. The summed E-state index contributed by atoms with van der Waals surface area (Å²) in [6.45, 7) is 9.70. The maximum Gasteiger partial charge on any atom is 0.0465 e. The van der Waals surface area contributed by atoms with Crippen molar-refractivity contribution in [1.29, 1.82) is 0 Å². The number of anilines is 6. The smallest absolute Gasteiger partial charge is 0.0465 e. The predicted molar refractivity (Wildman–Crippen MR) is 314 cm³/mol. The van der Waals surface area contributed by atoms with E-state index in [-0.39, 0.29) is 10.8 Å². The second kappa shape index (κ2) is 16.8. The fraction of sp³-hybridized carbons (Fsp3) is 0.0833. The van der Waals surface area contributed by atoms with Gasteiger partial charge < -0.3 is 9.80 Å². The van der Waals surface area contributed by atoms with Crippen LogP contribution in [0.25, 0.3) is 76.8 Å². The van der Waals surface area contributed by atoms with E-state index in [0.717, 1.165) is 34.1 Å². The highest BCUT2D eigenvalue weighted by Crippen LogP contribution is 2.57. The standard InChI is InChI=1S/C72H54N2/c1-71(2)65-43-44-66-70-64(62-40-38-56(46-68(62)72(66,3)4)74(52-23-9-6-10-24-52)54-35-31-50(32-36-54)60-28-16-20-48-18-12-14-26-58(48)60)42-41-63(69(65)70)61-39-37-55(45-67(61)71)73(51-21-7-5-8-22-51)53-33-29-49(30-34-53)59-27-15-19-47-17-11-13-25-57(47)59/h5-46H,1-4H3. The van der Waals surface area contributed by atoms with E-state index in [1.807, 2.05) is 0 Å². The van der Waals surface area contributed by atoms with Gasteiger partial charge in [0.25, 0.3) is 0 Å². The van der Waals surface area contributed by atoms with Gasteiger partial charge in [0, 0.05) is 45.0 Å². The van der Waals surface area contributed by atoms with Gasteiger partial charge in [-0.1, -0.05) is 210 Å². The summed E-state index contributed by atoms with van der Waals surface area (Å²) in [5, 5.41) is 7.81. The zero-order chi connectivity index (χ0) is 49.7. The molecule has 2 aliphatic rings. The van der Waals surface area contributed by atoms with Gasteiger partial charge in [-0.05, 0) is 172 Å². The largest absolute Gasteiger partial charge is 0.310 e. The Bertz CT molecular complexity index is 3890. The van der Waals surface area contributed by atoms with E-state index in [0.29, 0.717) is 0 Å². The van der Waals surface area contributed by atoms with Crippen molar-refractivity contribution < 1.29 is 0 Å². The van der Waals surface area contributed by atoms with Crippen LogP contribution < -0.4 is 9.80 Å². The number of para-hydroxylation sites is 2. The lowest BCUT2D eigenvalue weighted by molar-refractivity contribution is 0.633. The summed E-state index contributed by atoms with van der Waals surface area (Å²) in [6.07, 6.45) is 0. The Morgan fingerprint density at radius 2 is 0.581 bits per heavy atom. The molecular weight excluding hydrogens is 893 g/mol. The number of hydrogen-bond donors (Lipinski definition) is 0. The second-order valence-electron chi connectivity index (χ2n) is 21.3. The molecule has 2 aliphatic carbocycles. The van der Waals surface area contributed by atoms with Crippen molar-refractivity contribution in [3.63, 3.8) is 0 Å². The van der Waals surface area contributed by atoms with Gasteiger partial charge in [-0.2, -0.15) is 0 Å². The molecule has 12 aromatic carbocycles. The zero-order valence-electron chi connectivity index (χ0n) is 42.1. The molecule has 0 N–H and O–H groups in total. The summed E-state index contributed by atoms with van der Waals surface area (Å²) in [5.74, 6) is 0. The van der Waals surface area contributed by atoms with Gasteiger partial charge in [-0.3, -0.25) is 0 Å². The maximum absolute atomic E-state index is 2.46. The average Bonchev–Trinajstić information content (AvgIpc) is 3.45. The molecule has 0 aliphatic heterocycles. The van der Waals surface area contributed by atoms with E-state index in [2.05, 4.69) is 292 Å². The Morgan fingerprint density at radius 3 is 1.00 bits per heavy atom. The topological polar surface area (TPSA) is 6.48 Å². The molecule has 0 heterocycles. The van der Waals surface area contributed by atoms with Crippen molar-refractivity contribution in [1.82, 2.24) is 0 Å². The Balaban J connectivity index is 0.858. The van der Waals surface area contributed by atoms with Crippen molar-refractivity contribution in [2.75, 3.05) is 9.80 Å². The summed E-state index contributed by atoms with van der Waals surface area (Å²) >= 11 is 0. The summed E-state index contributed by atoms with van der Waals surface area (Å²) in [6, 6.07) is 94.4. The monoisotopic (exact) mass is 946 g/mol. The number of rotatable bonds is 8. The molecule has 0 unspecified atom stereocenters. The highest BCUT2D eigenvalue weighted by Gasteiger charge is 2.40. The Hall–Kier alpha value is -8.98. The van der Waals surface area contributed by atoms with Crippen LogP contribution in [0.2, 0.25) is 0 Å². The van der Waals surface area contributed by atoms with Crippen LogP contribution in [-0.4, -0.2) is 0 Å². The number of nitrogens with zero attached hydrogens (tertiary/aromatic N) is 2.